The van der Waals surface area contributed by atoms with Crippen LogP contribution in [0, 0.1) is 17.0 Å². The van der Waals surface area contributed by atoms with Crippen LogP contribution in [-0.4, -0.2) is 20.6 Å². The molecule has 0 aliphatic heterocycles. The number of anilines is 1. The molecule has 8 heteroatoms. The minimum atomic E-state index is -0.472. The molecule has 0 radical (unpaired) electrons. The number of nitro groups is 1. The van der Waals surface area contributed by atoms with Gasteiger partial charge in [0, 0.05) is 24.3 Å². The summed E-state index contributed by atoms with van der Waals surface area (Å²) in [6.07, 6.45) is 4.42. The third-order valence-corrected chi connectivity index (χ3v) is 3.33. The molecule has 0 spiro atoms. The van der Waals surface area contributed by atoms with E-state index in [-0.39, 0.29) is 11.6 Å². The molecule has 0 fully saturated rings. The van der Waals surface area contributed by atoms with Crippen molar-refractivity contribution in [2.24, 2.45) is 0 Å². The number of nitro benzene ring substituents is 1. The quantitative estimate of drug-likeness (QED) is 0.436. The Labute approximate surface area is 142 Å². The Balaban J connectivity index is 1.81. The van der Waals surface area contributed by atoms with E-state index < -0.39 is 4.92 Å². The van der Waals surface area contributed by atoms with Gasteiger partial charge in [0.15, 0.2) is 0 Å². The van der Waals surface area contributed by atoms with Gasteiger partial charge in [0.2, 0.25) is 5.91 Å². The van der Waals surface area contributed by atoms with Crippen LogP contribution in [0.3, 0.4) is 0 Å². The Morgan fingerprint density at radius 2 is 2.08 bits per heavy atom. The molecule has 2 aromatic heterocycles. The number of nitrogens with one attached hydrogen (secondary N) is 1. The number of amides is 1. The average molecular weight is 338 g/mol. The molecule has 3 rings (SSSR count). The number of aromatic nitrogens is 2. The van der Waals surface area contributed by atoms with Gasteiger partial charge in [0.25, 0.3) is 5.69 Å². The molecular formula is C17H14N4O4. The Kier molecular flexibility index (Phi) is 4.42. The van der Waals surface area contributed by atoms with Gasteiger partial charge in [-0.15, -0.1) is 0 Å². The lowest BCUT2D eigenvalue weighted by Gasteiger charge is -2.07. The lowest BCUT2D eigenvalue weighted by Crippen LogP contribution is -2.12. The molecule has 0 saturated carbocycles. The molecule has 25 heavy (non-hydrogen) atoms. The normalized spacial score (nSPS) is 10.9. The van der Waals surface area contributed by atoms with Crippen LogP contribution in [-0.2, 0) is 4.79 Å². The lowest BCUT2D eigenvalue weighted by atomic mass is 10.3. The minimum absolute atomic E-state index is 0.0143. The van der Waals surface area contributed by atoms with Crippen LogP contribution in [0.2, 0.25) is 0 Å². The standard InChI is InChI=1S/C17H14N4O4/c1-12-11-16(18-17(22)9-8-15-3-2-10-25-15)20(19-12)13-4-6-14(7-5-13)21(23)24/h2-11H,1H3,(H,18,22)/b9-8+. The van der Waals surface area contributed by atoms with Crippen LogP contribution >= 0.6 is 0 Å². The summed E-state index contributed by atoms with van der Waals surface area (Å²) in [7, 11) is 0. The van der Waals surface area contributed by atoms with Gasteiger partial charge in [-0.2, -0.15) is 5.10 Å². The molecule has 1 aromatic carbocycles. The van der Waals surface area contributed by atoms with E-state index in [4.69, 9.17) is 4.42 Å². The highest BCUT2D eigenvalue weighted by atomic mass is 16.6. The number of carbonyl (C=O) groups excluding carboxylic acids is 1. The molecule has 8 nitrogen and oxygen atoms in total. The highest BCUT2D eigenvalue weighted by Gasteiger charge is 2.11. The van der Waals surface area contributed by atoms with E-state index in [2.05, 4.69) is 10.4 Å². The topological polar surface area (TPSA) is 103 Å². The van der Waals surface area contributed by atoms with E-state index in [1.807, 2.05) is 0 Å². The summed E-state index contributed by atoms with van der Waals surface area (Å²) in [5, 5.41) is 17.8. The van der Waals surface area contributed by atoms with Crippen molar-refractivity contribution >= 4 is 23.5 Å². The molecule has 0 bridgehead atoms. The first-order valence-electron chi connectivity index (χ1n) is 7.37. The number of aryl methyl sites for hydroxylation is 1. The lowest BCUT2D eigenvalue weighted by molar-refractivity contribution is -0.384. The zero-order chi connectivity index (χ0) is 17.8. The third kappa shape index (κ3) is 3.81. The van der Waals surface area contributed by atoms with E-state index in [0.717, 1.165) is 0 Å². The van der Waals surface area contributed by atoms with Gasteiger partial charge in [0.1, 0.15) is 11.6 Å². The summed E-state index contributed by atoms with van der Waals surface area (Å²) in [4.78, 5) is 22.3. The fraction of sp³-hybridized carbons (Fsp3) is 0.0588. The highest BCUT2D eigenvalue weighted by molar-refractivity contribution is 6.01. The van der Waals surface area contributed by atoms with E-state index in [0.29, 0.717) is 23.0 Å². The minimum Gasteiger partial charge on any atom is -0.465 e. The molecule has 0 unspecified atom stereocenters. The van der Waals surface area contributed by atoms with Crippen molar-refractivity contribution in [1.29, 1.82) is 0 Å². The predicted molar refractivity (Wildman–Crippen MR) is 91.3 cm³/mol. The van der Waals surface area contributed by atoms with Gasteiger partial charge in [-0.05, 0) is 37.3 Å². The molecule has 1 amide bonds. The molecule has 1 N–H and O–H groups in total. The first kappa shape index (κ1) is 16.2. The van der Waals surface area contributed by atoms with Gasteiger partial charge < -0.3 is 9.73 Å². The largest absolute Gasteiger partial charge is 0.465 e. The Bertz CT molecular complexity index is 924. The Morgan fingerprint density at radius 3 is 2.72 bits per heavy atom. The average Bonchev–Trinajstić information content (AvgIpc) is 3.22. The molecule has 3 aromatic rings. The van der Waals surface area contributed by atoms with Crippen molar-refractivity contribution in [3.05, 3.63) is 76.4 Å². The second-order valence-corrected chi connectivity index (χ2v) is 5.19. The van der Waals surface area contributed by atoms with Crippen LogP contribution < -0.4 is 5.32 Å². The van der Waals surface area contributed by atoms with Gasteiger partial charge in [-0.25, -0.2) is 4.68 Å². The first-order chi connectivity index (χ1) is 12.0. The van der Waals surface area contributed by atoms with E-state index in [1.165, 1.54) is 29.2 Å². The summed E-state index contributed by atoms with van der Waals surface area (Å²) in [6, 6.07) is 11.1. The van der Waals surface area contributed by atoms with Crippen LogP contribution in [0.4, 0.5) is 11.5 Å². The Morgan fingerprint density at radius 1 is 1.32 bits per heavy atom. The summed E-state index contributed by atoms with van der Waals surface area (Å²) >= 11 is 0. The van der Waals surface area contributed by atoms with Crippen LogP contribution in [0.1, 0.15) is 11.5 Å². The summed E-state index contributed by atoms with van der Waals surface area (Å²) in [5.74, 6) is 0.676. The molecule has 126 valence electrons. The van der Waals surface area contributed by atoms with Crippen molar-refractivity contribution in [1.82, 2.24) is 9.78 Å². The van der Waals surface area contributed by atoms with Gasteiger partial charge >= 0.3 is 0 Å². The van der Waals surface area contributed by atoms with Crippen molar-refractivity contribution in [2.75, 3.05) is 5.32 Å². The second kappa shape index (κ2) is 6.83. The highest BCUT2D eigenvalue weighted by Crippen LogP contribution is 2.20. The molecule has 0 aliphatic rings. The number of nitrogens with zero attached hydrogens (tertiary/aromatic N) is 3. The third-order valence-electron chi connectivity index (χ3n) is 3.33. The van der Waals surface area contributed by atoms with Crippen molar-refractivity contribution < 1.29 is 14.1 Å². The number of carbonyl (C=O) groups is 1. The number of non-ortho nitro benzene ring substituents is 1. The molecular weight excluding hydrogens is 324 g/mol. The summed E-state index contributed by atoms with van der Waals surface area (Å²) in [5.41, 5.74) is 1.28. The molecule has 2 heterocycles. The zero-order valence-corrected chi connectivity index (χ0v) is 13.2. The van der Waals surface area contributed by atoms with Crippen molar-refractivity contribution in [3.8, 4) is 5.69 Å². The SMILES string of the molecule is Cc1cc(NC(=O)/C=C/c2ccco2)n(-c2ccc([N+](=O)[O-])cc2)n1. The maximum absolute atomic E-state index is 12.1. The predicted octanol–water partition coefficient (Wildman–Crippen LogP) is 3.33. The Hall–Kier alpha value is -3.68. The van der Waals surface area contributed by atoms with E-state index in [1.54, 1.807) is 43.3 Å². The van der Waals surface area contributed by atoms with Gasteiger partial charge in [-0.1, -0.05) is 0 Å². The number of rotatable bonds is 5. The number of hydrogen-bond donors (Lipinski definition) is 1. The van der Waals surface area contributed by atoms with Crippen molar-refractivity contribution in [2.45, 2.75) is 6.92 Å². The summed E-state index contributed by atoms with van der Waals surface area (Å²) in [6.45, 7) is 1.79. The smallest absolute Gasteiger partial charge is 0.269 e. The van der Waals surface area contributed by atoms with E-state index >= 15 is 0 Å². The summed E-state index contributed by atoms with van der Waals surface area (Å²) < 4.78 is 6.63. The van der Waals surface area contributed by atoms with Crippen LogP contribution in [0.5, 0.6) is 0 Å². The maximum atomic E-state index is 12.1. The van der Waals surface area contributed by atoms with Gasteiger partial charge in [0.05, 0.1) is 22.6 Å². The monoisotopic (exact) mass is 338 g/mol. The fourth-order valence-electron chi connectivity index (χ4n) is 2.21. The molecule has 0 aliphatic carbocycles. The van der Waals surface area contributed by atoms with Crippen molar-refractivity contribution in [3.63, 3.8) is 0 Å². The van der Waals surface area contributed by atoms with Crippen LogP contribution in [0.15, 0.2) is 59.2 Å². The number of benzene rings is 1. The maximum Gasteiger partial charge on any atom is 0.269 e. The van der Waals surface area contributed by atoms with Crippen LogP contribution in [0.25, 0.3) is 11.8 Å². The fourth-order valence-corrected chi connectivity index (χ4v) is 2.21. The molecule has 0 atom stereocenters. The van der Waals surface area contributed by atoms with E-state index in [9.17, 15) is 14.9 Å². The number of furan rings is 1. The van der Waals surface area contributed by atoms with Gasteiger partial charge in [-0.3, -0.25) is 14.9 Å². The molecule has 0 saturated heterocycles. The first-order valence-corrected chi connectivity index (χ1v) is 7.37. The number of hydrogen-bond acceptors (Lipinski definition) is 5. The second-order valence-electron chi connectivity index (χ2n) is 5.19. The zero-order valence-electron chi connectivity index (χ0n) is 13.2.